The molecule has 0 bridgehead atoms. The first kappa shape index (κ1) is 13.8. The molecule has 0 spiro atoms. The Hall–Kier alpha value is -2.63. The summed E-state index contributed by atoms with van der Waals surface area (Å²) in [5.74, 6) is -0.622. The van der Waals surface area contributed by atoms with Crippen molar-refractivity contribution < 1.29 is 14.3 Å². The Morgan fingerprint density at radius 3 is 2.85 bits per heavy atom. The molecule has 6 nitrogen and oxygen atoms in total. The molecule has 1 aromatic carbocycles. The van der Waals surface area contributed by atoms with Crippen molar-refractivity contribution in [3.63, 3.8) is 0 Å². The van der Waals surface area contributed by atoms with Crippen LogP contribution in [-0.4, -0.2) is 28.5 Å². The van der Waals surface area contributed by atoms with Gasteiger partial charge >= 0.3 is 5.97 Å². The van der Waals surface area contributed by atoms with Crippen LogP contribution in [0, 0.1) is 6.92 Å². The van der Waals surface area contributed by atoms with Gasteiger partial charge in [0.1, 0.15) is 6.54 Å². The largest absolute Gasteiger partial charge is 0.465 e. The smallest absolute Gasteiger partial charge is 0.337 e. The number of ether oxygens (including phenoxy) is 1. The zero-order valence-electron chi connectivity index (χ0n) is 11.3. The van der Waals surface area contributed by atoms with Crippen LogP contribution in [0.1, 0.15) is 15.9 Å². The molecule has 0 aliphatic carbocycles. The molecule has 0 unspecified atom stereocenters. The van der Waals surface area contributed by atoms with E-state index in [1.165, 1.54) is 7.11 Å². The molecule has 0 aliphatic rings. The number of methoxy groups -OCH3 is 1. The van der Waals surface area contributed by atoms with E-state index >= 15 is 0 Å². The first-order chi connectivity index (χ1) is 9.60. The van der Waals surface area contributed by atoms with Crippen LogP contribution in [-0.2, 0) is 16.1 Å². The average molecular weight is 273 g/mol. The van der Waals surface area contributed by atoms with Crippen LogP contribution in [0.15, 0.2) is 36.9 Å². The van der Waals surface area contributed by atoms with E-state index in [9.17, 15) is 9.59 Å². The Kier molecular flexibility index (Phi) is 4.14. The highest BCUT2D eigenvalue weighted by Crippen LogP contribution is 2.17. The number of carbonyl (C=O) groups excluding carboxylic acids is 2. The van der Waals surface area contributed by atoms with Gasteiger partial charge in [0.2, 0.25) is 5.91 Å². The van der Waals surface area contributed by atoms with E-state index in [2.05, 4.69) is 15.0 Å². The Labute approximate surface area is 116 Å². The molecule has 104 valence electrons. The number of carbonyl (C=O) groups is 2. The van der Waals surface area contributed by atoms with Gasteiger partial charge in [0.05, 0.1) is 19.0 Å². The fourth-order valence-corrected chi connectivity index (χ4v) is 1.74. The summed E-state index contributed by atoms with van der Waals surface area (Å²) in [4.78, 5) is 27.2. The van der Waals surface area contributed by atoms with E-state index in [4.69, 9.17) is 0 Å². The Balaban J connectivity index is 2.12. The minimum absolute atomic E-state index is 0.169. The molecule has 20 heavy (non-hydrogen) atoms. The highest BCUT2D eigenvalue weighted by atomic mass is 16.5. The van der Waals surface area contributed by atoms with Crippen LogP contribution >= 0.6 is 0 Å². The number of imidazole rings is 1. The van der Waals surface area contributed by atoms with Gasteiger partial charge in [-0.05, 0) is 24.6 Å². The first-order valence-corrected chi connectivity index (χ1v) is 6.04. The van der Waals surface area contributed by atoms with Crippen molar-refractivity contribution >= 4 is 17.6 Å². The van der Waals surface area contributed by atoms with E-state index in [0.717, 1.165) is 5.56 Å². The van der Waals surface area contributed by atoms with Crippen molar-refractivity contribution in [3.8, 4) is 0 Å². The van der Waals surface area contributed by atoms with Gasteiger partial charge < -0.3 is 14.6 Å². The number of hydrogen-bond acceptors (Lipinski definition) is 4. The number of aromatic nitrogens is 2. The summed E-state index contributed by atoms with van der Waals surface area (Å²) in [5, 5.41) is 2.77. The molecular weight excluding hydrogens is 258 g/mol. The zero-order valence-corrected chi connectivity index (χ0v) is 11.3. The summed E-state index contributed by atoms with van der Waals surface area (Å²) in [6.45, 7) is 2.02. The molecule has 0 fully saturated rings. The first-order valence-electron chi connectivity index (χ1n) is 6.04. The molecule has 0 saturated heterocycles. The van der Waals surface area contributed by atoms with Crippen LogP contribution < -0.4 is 5.32 Å². The van der Waals surface area contributed by atoms with E-state index in [1.807, 2.05) is 6.92 Å². The van der Waals surface area contributed by atoms with E-state index in [-0.39, 0.29) is 12.5 Å². The van der Waals surface area contributed by atoms with Crippen molar-refractivity contribution in [1.29, 1.82) is 0 Å². The predicted octanol–water partition coefficient (Wildman–Crippen LogP) is 1.62. The summed E-state index contributed by atoms with van der Waals surface area (Å²) >= 11 is 0. The molecule has 0 atom stereocenters. The highest BCUT2D eigenvalue weighted by molar-refractivity contribution is 5.95. The lowest BCUT2D eigenvalue weighted by Crippen LogP contribution is -2.18. The van der Waals surface area contributed by atoms with Crippen LogP contribution in [0.2, 0.25) is 0 Å². The quantitative estimate of drug-likeness (QED) is 0.859. The van der Waals surface area contributed by atoms with Crippen LogP contribution in [0.4, 0.5) is 5.69 Å². The summed E-state index contributed by atoms with van der Waals surface area (Å²) in [7, 11) is 1.32. The normalized spacial score (nSPS) is 10.1. The Morgan fingerprint density at radius 2 is 2.20 bits per heavy atom. The molecule has 1 heterocycles. The molecule has 1 N–H and O–H groups in total. The summed E-state index contributed by atoms with van der Waals surface area (Å²) in [6, 6.07) is 5.03. The molecule has 1 aromatic heterocycles. The molecule has 0 saturated carbocycles. The lowest BCUT2D eigenvalue weighted by Gasteiger charge is -2.10. The molecule has 1 amide bonds. The SMILES string of the molecule is COC(=O)c1ccc(C)c(NC(=O)Cn2ccnc2)c1. The fourth-order valence-electron chi connectivity index (χ4n) is 1.74. The zero-order chi connectivity index (χ0) is 14.5. The van der Waals surface area contributed by atoms with Gasteiger partial charge in [0.15, 0.2) is 0 Å². The molecule has 0 radical (unpaired) electrons. The lowest BCUT2D eigenvalue weighted by molar-refractivity contribution is -0.116. The third-order valence-corrected chi connectivity index (χ3v) is 2.82. The summed E-state index contributed by atoms with van der Waals surface area (Å²) in [5.41, 5.74) is 1.87. The number of anilines is 1. The standard InChI is InChI=1S/C14H15N3O3/c1-10-3-4-11(14(19)20-2)7-12(10)16-13(18)8-17-6-5-15-9-17/h3-7,9H,8H2,1-2H3,(H,16,18). The van der Waals surface area contributed by atoms with Crippen LogP contribution in [0.5, 0.6) is 0 Å². The third-order valence-electron chi connectivity index (χ3n) is 2.82. The van der Waals surface area contributed by atoms with Crippen molar-refractivity contribution in [2.24, 2.45) is 0 Å². The van der Waals surface area contributed by atoms with Gasteiger partial charge in [0.25, 0.3) is 0 Å². The van der Waals surface area contributed by atoms with E-state index < -0.39 is 5.97 Å². The number of nitrogens with zero attached hydrogens (tertiary/aromatic N) is 2. The van der Waals surface area contributed by atoms with E-state index in [1.54, 1.807) is 41.5 Å². The fraction of sp³-hybridized carbons (Fsp3) is 0.214. The summed E-state index contributed by atoms with van der Waals surface area (Å²) < 4.78 is 6.32. The maximum absolute atomic E-state index is 11.9. The number of amides is 1. The van der Waals surface area contributed by atoms with Gasteiger partial charge in [0, 0.05) is 18.1 Å². The number of hydrogen-bond donors (Lipinski definition) is 1. The number of rotatable bonds is 4. The number of esters is 1. The second-order valence-electron chi connectivity index (χ2n) is 4.30. The number of aryl methyl sites for hydroxylation is 1. The van der Waals surface area contributed by atoms with Crippen molar-refractivity contribution in [3.05, 3.63) is 48.0 Å². The van der Waals surface area contributed by atoms with Crippen molar-refractivity contribution in [2.75, 3.05) is 12.4 Å². The second kappa shape index (κ2) is 6.01. The van der Waals surface area contributed by atoms with Crippen LogP contribution in [0.25, 0.3) is 0 Å². The van der Waals surface area contributed by atoms with Gasteiger partial charge in [-0.3, -0.25) is 4.79 Å². The second-order valence-corrected chi connectivity index (χ2v) is 4.30. The molecule has 0 aliphatic heterocycles. The topological polar surface area (TPSA) is 73.2 Å². The van der Waals surface area contributed by atoms with Gasteiger partial charge in [-0.1, -0.05) is 6.07 Å². The number of nitrogens with one attached hydrogen (secondary N) is 1. The lowest BCUT2D eigenvalue weighted by atomic mass is 10.1. The third kappa shape index (κ3) is 3.23. The van der Waals surface area contributed by atoms with Gasteiger partial charge in [-0.25, -0.2) is 9.78 Å². The molecule has 2 aromatic rings. The van der Waals surface area contributed by atoms with Crippen molar-refractivity contribution in [2.45, 2.75) is 13.5 Å². The Bertz CT molecular complexity index is 621. The minimum Gasteiger partial charge on any atom is -0.465 e. The maximum Gasteiger partial charge on any atom is 0.337 e. The van der Waals surface area contributed by atoms with E-state index in [0.29, 0.717) is 11.3 Å². The van der Waals surface area contributed by atoms with Crippen LogP contribution in [0.3, 0.4) is 0 Å². The highest BCUT2D eigenvalue weighted by Gasteiger charge is 2.10. The van der Waals surface area contributed by atoms with Gasteiger partial charge in [-0.15, -0.1) is 0 Å². The predicted molar refractivity (Wildman–Crippen MR) is 73.4 cm³/mol. The average Bonchev–Trinajstić information content (AvgIpc) is 2.93. The summed E-state index contributed by atoms with van der Waals surface area (Å²) in [6.07, 6.45) is 4.88. The minimum atomic E-state index is -0.435. The maximum atomic E-state index is 11.9. The molecule has 6 heteroatoms. The molecule has 2 rings (SSSR count). The number of benzene rings is 1. The van der Waals surface area contributed by atoms with Crippen molar-refractivity contribution in [1.82, 2.24) is 9.55 Å². The van der Waals surface area contributed by atoms with Gasteiger partial charge in [-0.2, -0.15) is 0 Å². The monoisotopic (exact) mass is 273 g/mol. The Morgan fingerprint density at radius 1 is 1.40 bits per heavy atom. The molecular formula is C14H15N3O3.